The normalized spacial score (nSPS) is 15.9. The van der Waals surface area contributed by atoms with Crippen molar-refractivity contribution in [3.8, 4) is 0 Å². The van der Waals surface area contributed by atoms with Crippen molar-refractivity contribution in [2.45, 2.75) is 5.22 Å². The van der Waals surface area contributed by atoms with Crippen LogP contribution in [0.3, 0.4) is 0 Å². The molecule has 0 aliphatic rings. The summed E-state index contributed by atoms with van der Waals surface area (Å²) in [6, 6.07) is 0. The van der Waals surface area contributed by atoms with Crippen LogP contribution < -0.4 is 0 Å². The second-order valence-electron chi connectivity index (χ2n) is 1.34. The van der Waals surface area contributed by atoms with Crippen molar-refractivity contribution >= 4 is 57.3 Å². The highest BCUT2D eigenvalue weighted by Crippen LogP contribution is 2.21. The lowest BCUT2D eigenvalue weighted by atomic mass is 11.5. The molecule has 1 aromatic rings. The number of halogens is 3. The van der Waals surface area contributed by atoms with Gasteiger partial charge in [0.05, 0.1) is 5.27 Å². The van der Waals surface area contributed by atoms with Gasteiger partial charge in [-0.3, -0.25) is 0 Å². The van der Waals surface area contributed by atoms with E-state index in [1.165, 1.54) is 0 Å². The fourth-order valence-corrected chi connectivity index (χ4v) is 1.90. The van der Waals surface area contributed by atoms with Crippen LogP contribution in [-0.4, -0.2) is 22.5 Å². The molecule has 0 radical (unpaired) electrons. The van der Waals surface area contributed by atoms with E-state index in [9.17, 15) is 4.21 Å². The van der Waals surface area contributed by atoms with Crippen molar-refractivity contribution in [1.82, 2.24) is 15.6 Å². The van der Waals surface area contributed by atoms with Gasteiger partial charge in [-0.2, -0.15) is 0 Å². The molecule has 1 rings (SSSR count). The highest BCUT2D eigenvalue weighted by molar-refractivity contribution is 9.55. The van der Waals surface area contributed by atoms with Crippen LogP contribution in [0.2, 0.25) is 0 Å². The van der Waals surface area contributed by atoms with Crippen molar-refractivity contribution in [3.05, 3.63) is 0 Å². The Morgan fingerprint density at radius 2 is 2.18 bits per heavy atom. The topological polar surface area (TPSA) is 68.9 Å². The van der Waals surface area contributed by atoms with Gasteiger partial charge in [-0.25, -0.2) is 4.21 Å². The zero-order valence-corrected chi connectivity index (χ0v) is 10.3. The first kappa shape index (κ1) is 9.62. The van der Waals surface area contributed by atoms with Gasteiger partial charge in [0, 0.05) is 14.8 Å². The Bertz CT molecular complexity index is 349. The van der Waals surface area contributed by atoms with Gasteiger partial charge in [0.1, 0.15) is 10.6 Å². The van der Waals surface area contributed by atoms with Crippen LogP contribution in [0, 0.1) is 0 Å². The summed E-state index contributed by atoms with van der Waals surface area (Å²) < 4.78 is 16.3. The zero-order valence-electron chi connectivity index (χ0n) is 4.70. The van der Waals surface area contributed by atoms with E-state index in [2.05, 4.69) is 66.8 Å². The predicted octanol–water partition coefficient (Wildman–Crippen LogP) is 1.29. The third kappa shape index (κ3) is 2.01. The van der Waals surface area contributed by atoms with E-state index in [1.807, 2.05) is 0 Å². The Labute approximate surface area is 86.4 Å². The summed E-state index contributed by atoms with van der Waals surface area (Å²) in [7, 11) is -2.62. The second kappa shape index (κ2) is 3.50. The largest absolute Gasteiger partial charge is 0.340 e. The molecule has 0 aliphatic carbocycles. The van der Waals surface area contributed by atoms with E-state index < -0.39 is 7.96 Å². The Morgan fingerprint density at radius 1 is 1.55 bits per heavy atom. The molecule has 0 aliphatic heterocycles. The van der Waals surface area contributed by atoms with Crippen LogP contribution in [0.15, 0.2) is 9.75 Å². The molecule has 1 unspecified atom stereocenters. The van der Waals surface area contributed by atoms with E-state index in [-0.39, 0.29) is 5.22 Å². The molecule has 0 saturated carbocycles. The molecule has 0 N–H and O–H groups in total. The van der Waals surface area contributed by atoms with E-state index in [0.717, 1.165) is 0 Å². The highest BCUT2D eigenvalue weighted by atomic mass is 79.9. The summed E-state index contributed by atoms with van der Waals surface area (Å²) >= 11 is 8.84. The van der Waals surface area contributed by atoms with Crippen LogP contribution in [0.25, 0.3) is 0 Å². The minimum Gasteiger partial charge on any atom is -0.305 e. The van der Waals surface area contributed by atoms with Gasteiger partial charge < -0.3 is 4.52 Å². The van der Waals surface area contributed by atoms with Crippen molar-refractivity contribution in [3.63, 3.8) is 0 Å². The molecule has 0 spiro atoms. The Morgan fingerprint density at radius 3 is 2.55 bits per heavy atom. The van der Waals surface area contributed by atoms with Gasteiger partial charge in [-0.15, -0.1) is 0 Å². The smallest absolute Gasteiger partial charge is 0.305 e. The van der Waals surface area contributed by atoms with E-state index >= 15 is 0 Å². The van der Waals surface area contributed by atoms with Gasteiger partial charge in [0.2, 0.25) is 0 Å². The Hall–Kier alpha value is 0.530. The third-order valence-electron chi connectivity index (χ3n) is 0.705. The molecule has 0 saturated heterocycles. The fourth-order valence-electron chi connectivity index (χ4n) is 0.293. The number of hydrogen-bond donors (Lipinski definition) is 0. The van der Waals surface area contributed by atoms with Crippen molar-refractivity contribution in [2.75, 3.05) is 0 Å². The van der Waals surface area contributed by atoms with E-state index in [1.54, 1.807) is 0 Å². The van der Waals surface area contributed by atoms with Crippen molar-refractivity contribution in [2.24, 2.45) is 0 Å². The maximum Gasteiger partial charge on any atom is 0.340 e. The zero-order chi connectivity index (χ0) is 8.48. The first-order valence-electron chi connectivity index (χ1n) is 2.12. The minimum absolute atomic E-state index is 0.0822. The molecular formula is C2Br3N3O2S. The number of nitrogens with zero attached hydrogens (tertiary/aromatic N) is 3. The standard InChI is InChI=1S/C2Br3N3O2S/c3-1(4)11(5,9)2-6-7-8-10-2. The molecule has 0 fully saturated rings. The third-order valence-corrected chi connectivity index (χ3v) is 8.85. The molecule has 0 amide bonds. The quantitative estimate of drug-likeness (QED) is 0.551. The van der Waals surface area contributed by atoms with Crippen molar-refractivity contribution in [1.29, 1.82) is 0 Å². The number of aromatic nitrogens is 3. The molecular weight excluding hydrogens is 370 g/mol. The molecule has 0 aromatic carbocycles. The summed E-state index contributed by atoms with van der Waals surface area (Å²) in [6.45, 7) is 0. The van der Waals surface area contributed by atoms with Crippen LogP contribution in [0.4, 0.5) is 0 Å². The van der Waals surface area contributed by atoms with Crippen molar-refractivity contribution < 1.29 is 8.73 Å². The average molecular weight is 370 g/mol. The lowest BCUT2D eigenvalue weighted by Gasteiger charge is -1.92. The summed E-state index contributed by atoms with van der Waals surface area (Å²) in [6.07, 6.45) is 0. The molecule has 1 aromatic heterocycles. The minimum atomic E-state index is -2.62. The molecule has 62 valence electrons. The molecule has 0 bridgehead atoms. The van der Waals surface area contributed by atoms with Crippen LogP contribution in [0.5, 0.6) is 0 Å². The fraction of sp³-hybridized carbons (Fsp3) is 0. The molecule has 11 heavy (non-hydrogen) atoms. The van der Waals surface area contributed by atoms with Gasteiger partial charge >= 0.3 is 5.22 Å². The second-order valence-corrected chi connectivity index (χ2v) is 9.50. The Balaban J connectivity index is 3.34. The molecule has 9 heteroatoms. The number of hydrogen-bond acceptors (Lipinski definition) is 5. The van der Waals surface area contributed by atoms with Gasteiger partial charge in [0.25, 0.3) is 0 Å². The first-order valence-corrected chi connectivity index (χ1v) is 7.10. The van der Waals surface area contributed by atoms with Gasteiger partial charge in [0.15, 0.2) is 0 Å². The summed E-state index contributed by atoms with van der Waals surface area (Å²) in [4.78, 5) is 0. The highest BCUT2D eigenvalue weighted by Gasteiger charge is 2.17. The van der Waals surface area contributed by atoms with E-state index in [0.29, 0.717) is 2.68 Å². The predicted molar refractivity (Wildman–Crippen MR) is 50.3 cm³/mol. The maximum absolute atomic E-state index is 11.5. The molecule has 1 heterocycles. The summed E-state index contributed by atoms with van der Waals surface area (Å²) in [5.41, 5.74) is 0. The summed E-state index contributed by atoms with van der Waals surface area (Å²) in [5.74, 6) is 0. The lowest BCUT2D eigenvalue weighted by molar-refractivity contribution is 0.324. The van der Waals surface area contributed by atoms with Crippen LogP contribution >= 0.6 is 46.7 Å². The molecule has 1 atom stereocenters. The lowest BCUT2D eigenvalue weighted by Crippen LogP contribution is -1.96. The average Bonchev–Trinajstić information content (AvgIpc) is 2.37. The SMILES string of the molecule is O=S(Br)(=C(Br)Br)c1nnno1. The summed E-state index contributed by atoms with van der Waals surface area (Å²) in [5, 5.41) is 9.51. The number of rotatable bonds is 1. The van der Waals surface area contributed by atoms with E-state index in [4.69, 9.17) is 0 Å². The van der Waals surface area contributed by atoms with Gasteiger partial charge in [-0.05, 0) is 37.1 Å². The monoisotopic (exact) mass is 367 g/mol. The Kier molecular flexibility index (Phi) is 3.06. The maximum atomic E-state index is 11.5. The molecule has 5 nitrogen and oxygen atoms in total. The van der Waals surface area contributed by atoms with Gasteiger partial charge in [-0.1, -0.05) is 5.10 Å². The van der Waals surface area contributed by atoms with Crippen LogP contribution in [0.1, 0.15) is 0 Å². The van der Waals surface area contributed by atoms with Crippen LogP contribution in [-0.2, 0) is 7.96 Å². The first-order chi connectivity index (χ1) is 5.05.